The maximum atomic E-state index is 12.9. The first kappa shape index (κ1) is 13.7. The van der Waals surface area contributed by atoms with Crippen LogP contribution in [-0.2, 0) is 6.54 Å². The van der Waals surface area contributed by atoms with Crippen LogP contribution >= 0.6 is 0 Å². The van der Waals surface area contributed by atoms with Gasteiger partial charge >= 0.3 is 0 Å². The van der Waals surface area contributed by atoms with Crippen molar-refractivity contribution in [2.24, 2.45) is 0 Å². The first-order chi connectivity index (χ1) is 10.1. The van der Waals surface area contributed by atoms with Crippen molar-refractivity contribution in [2.75, 3.05) is 11.4 Å². The van der Waals surface area contributed by atoms with Gasteiger partial charge in [0.05, 0.1) is 11.3 Å². The molecule has 2 aromatic rings. The zero-order valence-electron chi connectivity index (χ0n) is 12.4. The molecular formula is C14H18N6O. The number of fused-ring (bicyclic) bond motifs is 1. The minimum atomic E-state index is -0.0815. The van der Waals surface area contributed by atoms with Crippen molar-refractivity contribution in [2.45, 2.75) is 39.7 Å². The number of nitrogens with zero attached hydrogens (tertiary/aromatic N) is 6. The zero-order valence-corrected chi connectivity index (χ0v) is 12.4. The fourth-order valence-corrected chi connectivity index (χ4v) is 2.55. The van der Waals surface area contributed by atoms with Gasteiger partial charge in [-0.15, -0.1) is 0 Å². The Morgan fingerprint density at radius 3 is 2.86 bits per heavy atom. The average Bonchev–Trinajstić information content (AvgIpc) is 2.94. The summed E-state index contributed by atoms with van der Waals surface area (Å²) in [6.45, 7) is 7.39. The van der Waals surface area contributed by atoms with E-state index in [1.807, 2.05) is 32.9 Å². The second kappa shape index (κ2) is 5.23. The highest BCUT2D eigenvalue weighted by molar-refractivity contribution is 6.06. The molecular weight excluding hydrogens is 268 g/mol. The van der Waals surface area contributed by atoms with Crippen molar-refractivity contribution in [3.63, 3.8) is 0 Å². The van der Waals surface area contributed by atoms with E-state index in [0.29, 0.717) is 18.1 Å². The van der Waals surface area contributed by atoms with Crippen molar-refractivity contribution in [3.8, 4) is 0 Å². The maximum absolute atomic E-state index is 12.9. The molecule has 1 amide bonds. The monoisotopic (exact) mass is 286 g/mol. The number of carbonyl (C=O) groups is 1. The van der Waals surface area contributed by atoms with Crippen LogP contribution in [0.2, 0.25) is 0 Å². The number of aromatic nitrogens is 5. The van der Waals surface area contributed by atoms with Crippen LogP contribution in [0.3, 0.4) is 0 Å². The van der Waals surface area contributed by atoms with Crippen molar-refractivity contribution >= 4 is 11.9 Å². The Morgan fingerprint density at radius 2 is 2.10 bits per heavy atom. The number of rotatable bonds is 2. The van der Waals surface area contributed by atoms with E-state index in [1.54, 1.807) is 9.58 Å². The van der Waals surface area contributed by atoms with Crippen LogP contribution in [0.15, 0.2) is 12.1 Å². The van der Waals surface area contributed by atoms with Gasteiger partial charge < -0.3 is 0 Å². The van der Waals surface area contributed by atoms with Crippen molar-refractivity contribution in [3.05, 3.63) is 29.1 Å². The van der Waals surface area contributed by atoms with Crippen LogP contribution < -0.4 is 4.90 Å². The highest BCUT2D eigenvalue weighted by Gasteiger charge is 2.28. The second-order valence-corrected chi connectivity index (χ2v) is 5.55. The molecule has 7 nitrogen and oxygen atoms in total. The number of tetrazole rings is 1. The van der Waals surface area contributed by atoms with Gasteiger partial charge in [-0.1, -0.05) is 18.9 Å². The summed E-state index contributed by atoms with van der Waals surface area (Å²) in [6, 6.07) is 3.72. The summed E-state index contributed by atoms with van der Waals surface area (Å²) < 4.78 is 1.66. The fraction of sp³-hybridized carbons (Fsp3) is 0.500. The van der Waals surface area contributed by atoms with E-state index in [1.165, 1.54) is 0 Å². The molecule has 21 heavy (non-hydrogen) atoms. The van der Waals surface area contributed by atoms with Crippen molar-refractivity contribution in [1.82, 2.24) is 25.2 Å². The summed E-state index contributed by atoms with van der Waals surface area (Å²) in [4.78, 5) is 19.0. The SMILES string of the molecule is Cc1ccc(C(=O)N2CCCn3nnnc32)c(C(C)C)n1. The molecule has 0 saturated carbocycles. The predicted molar refractivity (Wildman–Crippen MR) is 77.2 cm³/mol. The highest BCUT2D eigenvalue weighted by Crippen LogP contribution is 2.23. The quantitative estimate of drug-likeness (QED) is 0.837. The van der Waals surface area contributed by atoms with E-state index in [2.05, 4.69) is 20.5 Å². The Bertz CT molecular complexity index is 678. The summed E-state index contributed by atoms with van der Waals surface area (Å²) in [5, 5.41) is 11.5. The van der Waals surface area contributed by atoms with Gasteiger partial charge in [0.15, 0.2) is 0 Å². The molecule has 3 rings (SSSR count). The average molecular weight is 286 g/mol. The number of pyridine rings is 1. The molecule has 0 aliphatic carbocycles. The van der Waals surface area contributed by atoms with Crippen molar-refractivity contribution < 1.29 is 4.79 Å². The van der Waals surface area contributed by atoms with Gasteiger partial charge in [-0.3, -0.25) is 14.7 Å². The number of hydrogen-bond acceptors (Lipinski definition) is 5. The zero-order chi connectivity index (χ0) is 15.0. The summed E-state index contributed by atoms with van der Waals surface area (Å²) in [5.41, 5.74) is 2.37. The lowest BCUT2D eigenvalue weighted by molar-refractivity contribution is 0.0978. The molecule has 0 saturated heterocycles. The molecule has 0 unspecified atom stereocenters. The Kier molecular flexibility index (Phi) is 3.40. The van der Waals surface area contributed by atoms with Crippen LogP contribution in [0.1, 0.15) is 47.9 Å². The predicted octanol–water partition coefficient (Wildman–Crippen LogP) is 1.55. The van der Waals surface area contributed by atoms with Gasteiger partial charge in [-0.25, -0.2) is 4.68 Å². The summed E-state index contributed by atoms with van der Waals surface area (Å²) in [5.74, 6) is 0.619. The summed E-state index contributed by atoms with van der Waals surface area (Å²) in [6.07, 6.45) is 0.847. The summed E-state index contributed by atoms with van der Waals surface area (Å²) >= 11 is 0. The molecule has 0 bridgehead atoms. The lowest BCUT2D eigenvalue weighted by atomic mass is 10.0. The third kappa shape index (κ3) is 2.39. The Labute approximate surface area is 123 Å². The van der Waals surface area contributed by atoms with Crippen LogP contribution in [0.25, 0.3) is 0 Å². The summed E-state index contributed by atoms with van der Waals surface area (Å²) in [7, 11) is 0. The minimum absolute atomic E-state index is 0.0815. The lowest BCUT2D eigenvalue weighted by Gasteiger charge is -2.26. The molecule has 0 N–H and O–H groups in total. The van der Waals surface area contributed by atoms with E-state index in [0.717, 1.165) is 24.4 Å². The van der Waals surface area contributed by atoms with E-state index in [-0.39, 0.29) is 11.8 Å². The first-order valence-corrected chi connectivity index (χ1v) is 7.13. The Hall–Kier alpha value is -2.31. The number of anilines is 1. The molecule has 0 radical (unpaired) electrons. The van der Waals surface area contributed by atoms with Gasteiger partial charge in [0.2, 0.25) is 0 Å². The standard InChI is InChI=1S/C14H18N6O/c1-9(2)12-11(6-5-10(3)15-12)13(21)19-7-4-8-20-14(19)16-17-18-20/h5-6,9H,4,7-8H2,1-3H3. The molecule has 3 heterocycles. The lowest BCUT2D eigenvalue weighted by Crippen LogP contribution is -2.38. The fourth-order valence-electron chi connectivity index (χ4n) is 2.55. The molecule has 1 aliphatic rings. The normalized spacial score (nSPS) is 14.4. The van der Waals surface area contributed by atoms with Crippen molar-refractivity contribution in [1.29, 1.82) is 0 Å². The molecule has 0 atom stereocenters. The number of carbonyl (C=O) groups excluding carboxylic acids is 1. The Balaban J connectivity index is 2.01. The molecule has 0 spiro atoms. The van der Waals surface area contributed by atoms with Gasteiger partial charge in [0, 0.05) is 18.8 Å². The van der Waals surface area contributed by atoms with Gasteiger partial charge in [-0.05, 0) is 41.8 Å². The van der Waals surface area contributed by atoms with Crippen LogP contribution in [-0.4, -0.2) is 37.6 Å². The van der Waals surface area contributed by atoms with Gasteiger partial charge in [-0.2, -0.15) is 0 Å². The number of amides is 1. The number of hydrogen-bond donors (Lipinski definition) is 0. The highest BCUT2D eigenvalue weighted by atomic mass is 16.2. The van der Waals surface area contributed by atoms with Gasteiger partial charge in [0.1, 0.15) is 0 Å². The third-order valence-corrected chi connectivity index (χ3v) is 3.59. The third-order valence-electron chi connectivity index (χ3n) is 3.59. The largest absolute Gasteiger partial charge is 0.275 e. The Morgan fingerprint density at radius 1 is 1.29 bits per heavy atom. The van der Waals surface area contributed by atoms with Crippen LogP contribution in [0, 0.1) is 6.92 Å². The minimum Gasteiger partial charge on any atom is -0.275 e. The first-order valence-electron chi connectivity index (χ1n) is 7.13. The number of aryl methyl sites for hydroxylation is 2. The van der Waals surface area contributed by atoms with Crippen LogP contribution in [0.4, 0.5) is 5.95 Å². The van der Waals surface area contributed by atoms with Gasteiger partial charge in [0.25, 0.3) is 11.9 Å². The molecule has 1 aliphatic heterocycles. The van der Waals surface area contributed by atoms with E-state index in [9.17, 15) is 4.79 Å². The molecule has 7 heteroatoms. The molecule has 2 aromatic heterocycles. The second-order valence-electron chi connectivity index (χ2n) is 5.55. The van der Waals surface area contributed by atoms with Crippen LogP contribution in [0.5, 0.6) is 0 Å². The molecule has 0 fully saturated rings. The molecule has 110 valence electrons. The topological polar surface area (TPSA) is 76.8 Å². The maximum Gasteiger partial charge on any atom is 0.262 e. The molecule has 0 aromatic carbocycles. The van der Waals surface area contributed by atoms with E-state index < -0.39 is 0 Å². The van der Waals surface area contributed by atoms with E-state index >= 15 is 0 Å². The smallest absolute Gasteiger partial charge is 0.262 e. The van der Waals surface area contributed by atoms with E-state index in [4.69, 9.17) is 0 Å².